The van der Waals surface area contributed by atoms with Crippen LogP contribution in [-0.2, 0) is 16.2 Å². The van der Waals surface area contributed by atoms with E-state index >= 15 is 0 Å². The van der Waals surface area contributed by atoms with Crippen molar-refractivity contribution in [1.29, 1.82) is 0 Å². The van der Waals surface area contributed by atoms with Crippen LogP contribution in [0.3, 0.4) is 0 Å². The molecule has 86 valence electrons. The standard InChI is InChI=1S/C12H16N2O2/c1-14-8-7-11(12(14)15)13-16-9-10-5-3-2-4-6-10/h2-6,11,13H,7-9H2,1H3. The van der Waals surface area contributed by atoms with Gasteiger partial charge in [0, 0.05) is 13.6 Å². The average Bonchev–Trinajstić information content (AvgIpc) is 2.62. The fourth-order valence-corrected chi connectivity index (χ4v) is 1.73. The Balaban J connectivity index is 1.75. The predicted octanol–water partition coefficient (Wildman–Crippen LogP) is 0.938. The first-order valence-corrected chi connectivity index (χ1v) is 5.43. The molecule has 1 heterocycles. The SMILES string of the molecule is CN1CCC(NOCc2ccccc2)C1=O. The van der Waals surface area contributed by atoms with E-state index < -0.39 is 0 Å². The summed E-state index contributed by atoms with van der Waals surface area (Å²) in [7, 11) is 1.81. The Bertz CT molecular complexity index is 353. The third kappa shape index (κ3) is 2.59. The molecule has 2 rings (SSSR count). The van der Waals surface area contributed by atoms with E-state index in [4.69, 9.17) is 4.84 Å². The van der Waals surface area contributed by atoms with Gasteiger partial charge in [-0.05, 0) is 12.0 Å². The number of likely N-dealkylation sites (tertiary alicyclic amines) is 1. The quantitative estimate of drug-likeness (QED) is 0.768. The van der Waals surface area contributed by atoms with Crippen LogP contribution >= 0.6 is 0 Å². The molecule has 1 N–H and O–H groups in total. The maximum absolute atomic E-state index is 11.5. The van der Waals surface area contributed by atoms with Gasteiger partial charge in [0.05, 0.1) is 6.61 Å². The van der Waals surface area contributed by atoms with E-state index in [1.165, 1.54) is 0 Å². The fraction of sp³-hybridized carbons (Fsp3) is 0.417. The lowest BCUT2D eigenvalue weighted by atomic mass is 10.2. The second kappa shape index (κ2) is 5.09. The molecule has 1 unspecified atom stereocenters. The number of benzene rings is 1. The van der Waals surface area contributed by atoms with Crippen molar-refractivity contribution in [3.63, 3.8) is 0 Å². The molecule has 1 aliphatic rings. The molecule has 0 aromatic heterocycles. The molecule has 0 saturated carbocycles. The third-order valence-electron chi connectivity index (χ3n) is 2.73. The van der Waals surface area contributed by atoms with Crippen LogP contribution in [-0.4, -0.2) is 30.4 Å². The van der Waals surface area contributed by atoms with Gasteiger partial charge in [0.1, 0.15) is 6.04 Å². The summed E-state index contributed by atoms with van der Waals surface area (Å²) in [6.07, 6.45) is 0.810. The minimum Gasteiger partial charge on any atom is -0.344 e. The van der Waals surface area contributed by atoms with Gasteiger partial charge in [0.2, 0.25) is 5.91 Å². The first-order chi connectivity index (χ1) is 7.77. The molecule has 1 aromatic rings. The van der Waals surface area contributed by atoms with E-state index in [2.05, 4.69) is 5.48 Å². The van der Waals surface area contributed by atoms with E-state index in [1.54, 1.807) is 11.9 Å². The molecule has 0 radical (unpaired) electrons. The zero-order valence-electron chi connectivity index (χ0n) is 9.35. The Morgan fingerprint density at radius 3 is 2.81 bits per heavy atom. The van der Waals surface area contributed by atoms with E-state index in [1.807, 2.05) is 30.3 Å². The van der Waals surface area contributed by atoms with Crippen LogP contribution in [0, 0.1) is 0 Å². The molecular formula is C12H16N2O2. The topological polar surface area (TPSA) is 41.6 Å². The highest BCUT2D eigenvalue weighted by Crippen LogP contribution is 2.08. The van der Waals surface area contributed by atoms with Crippen molar-refractivity contribution < 1.29 is 9.63 Å². The second-order valence-electron chi connectivity index (χ2n) is 3.99. The van der Waals surface area contributed by atoms with Gasteiger partial charge in [-0.1, -0.05) is 30.3 Å². The van der Waals surface area contributed by atoms with Crippen LogP contribution in [0.5, 0.6) is 0 Å². The van der Waals surface area contributed by atoms with Gasteiger partial charge >= 0.3 is 0 Å². The van der Waals surface area contributed by atoms with Gasteiger partial charge in [-0.2, -0.15) is 5.48 Å². The van der Waals surface area contributed by atoms with Crippen LogP contribution in [0.4, 0.5) is 0 Å². The highest BCUT2D eigenvalue weighted by atomic mass is 16.6. The molecule has 0 aliphatic carbocycles. The minimum absolute atomic E-state index is 0.105. The number of likely N-dealkylation sites (N-methyl/N-ethyl adjacent to an activating group) is 1. The summed E-state index contributed by atoms with van der Waals surface area (Å²) in [5, 5.41) is 0. The molecule has 1 fully saturated rings. The number of rotatable bonds is 4. The summed E-state index contributed by atoms with van der Waals surface area (Å²) >= 11 is 0. The molecule has 1 aromatic carbocycles. The smallest absolute Gasteiger partial charge is 0.241 e. The maximum Gasteiger partial charge on any atom is 0.241 e. The monoisotopic (exact) mass is 220 g/mol. The van der Waals surface area contributed by atoms with Crippen LogP contribution < -0.4 is 5.48 Å². The Hall–Kier alpha value is -1.39. The maximum atomic E-state index is 11.5. The molecule has 1 atom stereocenters. The first-order valence-electron chi connectivity index (χ1n) is 5.43. The highest BCUT2D eigenvalue weighted by Gasteiger charge is 2.28. The second-order valence-corrected chi connectivity index (χ2v) is 3.99. The molecule has 0 bridgehead atoms. The van der Waals surface area contributed by atoms with Gasteiger partial charge in [-0.3, -0.25) is 9.63 Å². The normalized spacial score (nSPS) is 20.4. The van der Waals surface area contributed by atoms with Gasteiger partial charge in [0.15, 0.2) is 0 Å². The zero-order valence-corrected chi connectivity index (χ0v) is 9.35. The Kier molecular flexibility index (Phi) is 3.54. The summed E-state index contributed by atoms with van der Waals surface area (Å²) in [6.45, 7) is 1.28. The number of amides is 1. The van der Waals surface area contributed by atoms with Crippen LogP contribution in [0.1, 0.15) is 12.0 Å². The Labute approximate surface area is 95.2 Å². The largest absolute Gasteiger partial charge is 0.344 e. The summed E-state index contributed by atoms with van der Waals surface area (Å²) in [4.78, 5) is 18.6. The van der Waals surface area contributed by atoms with Crippen molar-refractivity contribution in [2.24, 2.45) is 0 Å². The van der Waals surface area contributed by atoms with Crippen LogP contribution in [0.2, 0.25) is 0 Å². The average molecular weight is 220 g/mol. The lowest BCUT2D eigenvalue weighted by molar-refractivity contribution is -0.132. The lowest BCUT2D eigenvalue weighted by Crippen LogP contribution is -2.36. The molecule has 4 nitrogen and oxygen atoms in total. The molecule has 1 saturated heterocycles. The number of nitrogens with one attached hydrogen (secondary N) is 1. The van der Waals surface area contributed by atoms with Crippen LogP contribution in [0.25, 0.3) is 0 Å². The molecule has 1 amide bonds. The van der Waals surface area contributed by atoms with Gasteiger partial charge < -0.3 is 4.90 Å². The summed E-state index contributed by atoms with van der Waals surface area (Å²) in [6, 6.07) is 9.69. The van der Waals surface area contributed by atoms with E-state index in [0.29, 0.717) is 6.61 Å². The number of hydroxylamine groups is 1. The van der Waals surface area contributed by atoms with Crippen LogP contribution in [0.15, 0.2) is 30.3 Å². The fourth-order valence-electron chi connectivity index (χ4n) is 1.73. The summed E-state index contributed by atoms with van der Waals surface area (Å²) in [5.41, 5.74) is 3.91. The van der Waals surface area contributed by atoms with E-state index in [0.717, 1.165) is 18.5 Å². The lowest BCUT2D eigenvalue weighted by Gasteiger charge is -2.12. The third-order valence-corrected chi connectivity index (χ3v) is 2.73. The van der Waals surface area contributed by atoms with Gasteiger partial charge in [-0.15, -0.1) is 0 Å². The number of nitrogens with zero attached hydrogens (tertiary/aromatic N) is 1. The molecule has 16 heavy (non-hydrogen) atoms. The van der Waals surface area contributed by atoms with Crippen molar-refractivity contribution in [1.82, 2.24) is 10.4 Å². The van der Waals surface area contributed by atoms with Gasteiger partial charge in [0.25, 0.3) is 0 Å². The molecule has 0 spiro atoms. The number of carbonyl (C=O) groups excluding carboxylic acids is 1. The Morgan fingerprint density at radius 2 is 2.19 bits per heavy atom. The van der Waals surface area contributed by atoms with Crippen molar-refractivity contribution in [2.75, 3.05) is 13.6 Å². The Morgan fingerprint density at radius 1 is 1.44 bits per heavy atom. The molecule has 1 aliphatic heterocycles. The minimum atomic E-state index is -0.186. The van der Waals surface area contributed by atoms with E-state index in [-0.39, 0.29) is 11.9 Å². The number of hydrogen-bond donors (Lipinski definition) is 1. The zero-order chi connectivity index (χ0) is 11.4. The van der Waals surface area contributed by atoms with Crippen molar-refractivity contribution >= 4 is 5.91 Å². The first kappa shape index (κ1) is 11.1. The highest BCUT2D eigenvalue weighted by molar-refractivity contribution is 5.83. The summed E-state index contributed by atoms with van der Waals surface area (Å²) < 4.78 is 0. The molecular weight excluding hydrogens is 204 g/mol. The number of hydrogen-bond acceptors (Lipinski definition) is 3. The molecule has 4 heteroatoms. The van der Waals surface area contributed by atoms with E-state index in [9.17, 15) is 4.79 Å². The van der Waals surface area contributed by atoms with Crippen molar-refractivity contribution in [2.45, 2.75) is 19.1 Å². The van der Waals surface area contributed by atoms with Crippen molar-refractivity contribution in [3.05, 3.63) is 35.9 Å². The summed E-state index contributed by atoms with van der Waals surface area (Å²) in [5.74, 6) is 0.105. The van der Waals surface area contributed by atoms with Crippen molar-refractivity contribution in [3.8, 4) is 0 Å². The van der Waals surface area contributed by atoms with Gasteiger partial charge in [-0.25, -0.2) is 0 Å². The predicted molar refractivity (Wildman–Crippen MR) is 60.4 cm³/mol. The number of carbonyl (C=O) groups is 1.